The third kappa shape index (κ3) is 4.44. The Morgan fingerprint density at radius 1 is 1.11 bits per heavy atom. The molecule has 1 fully saturated rings. The molecule has 13 heteroatoms. The molecule has 0 saturated carbocycles. The van der Waals surface area contributed by atoms with Crippen LogP contribution in [0.25, 0.3) is 16.7 Å². The van der Waals surface area contributed by atoms with E-state index in [1.807, 2.05) is 0 Å². The minimum atomic E-state index is -1.28. The molecule has 35 heavy (non-hydrogen) atoms. The maximum absolute atomic E-state index is 13.4. The fraction of sp³-hybridized carbons (Fsp3) is 0.273. The zero-order chi connectivity index (χ0) is 24.7. The Bertz CT molecular complexity index is 1370. The highest BCUT2D eigenvalue weighted by Gasteiger charge is 2.40. The third-order valence-electron chi connectivity index (χ3n) is 5.72. The lowest BCUT2D eigenvalue weighted by Gasteiger charge is -2.41. The smallest absolute Gasteiger partial charge is 0.238 e. The molecule has 1 saturated heterocycles. The fourth-order valence-corrected chi connectivity index (χ4v) is 4.50. The van der Waals surface area contributed by atoms with Crippen LogP contribution in [0.5, 0.6) is 0 Å². The van der Waals surface area contributed by atoms with Gasteiger partial charge in [0, 0.05) is 13.1 Å². The molecule has 0 bridgehead atoms. The number of likely N-dealkylation sites (tertiary alicyclic amines) is 1. The molecule has 0 aliphatic carbocycles. The second kappa shape index (κ2) is 9.44. The Hall–Kier alpha value is -3.22. The second-order valence-electron chi connectivity index (χ2n) is 8.15. The summed E-state index contributed by atoms with van der Waals surface area (Å²) in [7, 11) is 0. The van der Waals surface area contributed by atoms with Gasteiger partial charge in [-0.3, -0.25) is 14.7 Å². The predicted octanol–water partition coefficient (Wildman–Crippen LogP) is 1.94. The van der Waals surface area contributed by atoms with Crippen LogP contribution in [0, 0.1) is 6.92 Å². The van der Waals surface area contributed by atoms with Crippen molar-refractivity contribution >= 4 is 46.0 Å². The van der Waals surface area contributed by atoms with Gasteiger partial charge in [-0.1, -0.05) is 29.3 Å². The first-order valence-corrected chi connectivity index (χ1v) is 11.4. The van der Waals surface area contributed by atoms with Crippen LogP contribution in [0.3, 0.4) is 0 Å². The summed E-state index contributed by atoms with van der Waals surface area (Å²) < 4.78 is 1.46. The molecule has 5 rings (SSSR count). The lowest BCUT2D eigenvalue weighted by Crippen LogP contribution is -2.58. The molecule has 2 atom stereocenters. The number of rotatable bonds is 6. The average Bonchev–Trinajstić information content (AvgIpc) is 3.23. The molecule has 11 nitrogen and oxygen atoms in total. The number of para-hydroxylation sites is 1. The van der Waals surface area contributed by atoms with Crippen LogP contribution in [-0.2, 0) is 4.79 Å². The topological polar surface area (TPSA) is 142 Å². The molecule has 3 N–H and O–H groups in total. The molecular weight excluding hydrogens is 495 g/mol. The van der Waals surface area contributed by atoms with Crippen LogP contribution in [0.4, 0.5) is 5.82 Å². The number of aliphatic hydroxyl groups excluding tert-OH is 2. The number of carbonyl (C=O) groups is 1. The number of aryl methyl sites for hydroxylation is 1. The Morgan fingerprint density at radius 3 is 2.51 bits per heavy atom. The Labute approximate surface area is 209 Å². The summed E-state index contributed by atoms with van der Waals surface area (Å²) >= 11 is 12.7. The Balaban J connectivity index is 1.58. The van der Waals surface area contributed by atoms with Gasteiger partial charge in [0.2, 0.25) is 5.91 Å². The van der Waals surface area contributed by atoms with Crippen molar-refractivity contribution in [3.05, 3.63) is 64.6 Å². The summed E-state index contributed by atoms with van der Waals surface area (Å²) in [4.78, 5) is 32.0. The van der Waals surface area contributed by atoms with E-state index in [0.717, 1.165) is 0 Å². The highest BCUT2D eigenvalue weighted by molar-refractivity contribution is 6.37. The van der Waals surface area contributed by atoms with Crippen molar-refractivity contribution in [2.45, 2.75) is 25.2 Å². The van der Waals surface area contributed by atoms with Crippen molar-refractivity contribution in [3.63, 3.8) is 0 Å². The van der Waals surface area contributed by atoms with Crippen LogP contribution < -0.4 is 5.32 Å². The Morgan fingerprint density at radius 2 is 1.86 bits per heavy atom. The number of halogens is 2. The molecule has 0 spiro atoms. The lowest BCUT2D eigenvalue weighted by molar-refractivity contribution is -0.135. The molecule has 1 unspecified atom stereocenters. The van der Waals surface area contributed by atoms with E-state index in [0.29, 0.717) is 32.5 Å². The molecule has 1 aromatic carbocycles. The van der Waals surface area contributed by atoms with Crippen molar-refractivity contribution in [2.24, 2.45) is 0 Å². The molecule has 4 aromatic rings. The van der Waals surface area contributed by atoms with Crippen LogP contribution >= 0.6 is 23.2 Å². The van der Waals surface area contributed by atoms with Crippen molar-refractivity contribution in [2.75, 3.05) is 18.4 Å². The number of fused-ring (bicyclic) bond motifs is 1. The summed E-state index contributed by atoms with van der Waals surface area (Å²) in [6.07, 6.45) is 3.87. The summed E-state index contributed by atoms with van der Waals surface area (Å²) in [6.45, 7) is 2.22. The number of hydrogen-bond donors (Lipinski definition) is 3. The first-order chi connectivity index (χ1) is 16.8. The lowest BCUT2D eigenvalue weighted by atomic mass is 9.96. The number of nitrogens with one attached hydrogen (secondary N) is 1. The average molecular weight is 515 g/mol. The van der Waals surface area contributed by atoms with E-state index in [1.165, 1.54) is 29.6 Å². The van der Waals surface area contributed by atoms with Gasteiger partial charge in [-0.2, -0.15) is 5.10 Å². The standard InChI is InChI=1S/C22H20Cl2N8O3/c1-11-5-26-16(7-25-11)30-21(34)17(22(35)31-8-12(33)9-31)18-13-6-29-32(20(13)28-10-27-18)19-14(23)3-2-4-15(19)24/h2-7,10,12,17,22,33,35H,8-9H2,1H3,(H,26,30,34)/t17-,22?/m1/s1. The van der Waals surface area contributed by atoms with Crippen LogP contribution in [-0.4, -0.2) is 76.2 Å². The number of nitrogens with zero attached hydrogens (tertiary/aromatic N) is 7. The van der Waals surface area contributed by atoms with Gasteiger partial charge in [0.1, 0.15) is 24.2 Å². The number of amides is 1. The summed E-state index contributed by atoms with van der Waals surface area (Å²) in [6, 6.07) is 5.07. The van der Waals surface area contributed by atoms with Gasteiger partial charge in [-0.05, 0) is 19.1 Å². The van der Waals surface area contributed by atoms with Gasteiger partial charge in [0.05, 0.1) is 51.5 Å². The number of aliphatic hydroxyl groups is 2. The molecule has 3 aromatic heterocycles. The van der Waals surface area contributed by atoms with Crippen LogP contribution in [0.1, 0.15) is 17.3 Å². The summed E-state index contributed by atoms with van der Waals surface area (Å²) in [5, 5.41) is 29.1. The zero-order valence-electron chi connectivity index (χ0n) is 18.4. The van der Waals surface area contributed by atoms with Gasteiger partial charge in [0.15, 0.2) is 11.5 Å². The monoisotopic (exact) mass is 514 g/mol. The zero-order valence-corrected chi connectivity index (χ0v) is 19.9. The molecule has 1 amide bonds. The maximum atomic E-state index is 13.4. The molecular formula is C22H20Cl2N8O3. The number of hydrogen-bond acceptors (Lipinski definition) is 9. The maximum Gasteiger partial charge on any atom is 0.238 e. The van der Waals surface area contributed by atoms with Crippen molar-refractivity contribution < 1.29 is 15.0 Å². The normalized spacial score (nSPS) is 16.1. The molecule has 1 aliphatic heterocycles. The van der Waals surface area contributed by atoms with Crippen molar-refractivity contribution in [3.8, 4) is 5.69 Å². The first-order valence-electron chi connectivity index (χ1n) is 10.7. The summed E-state index contributed by atoms with van der Waals surface area (Å²) in [5.41, 5.74) is 1.72. The predicted molar refractivity (Wildman–Crippen MR) is 128 cm³/mol. The van der Waals surface area contributed by atoms with Crippen LogP contribution in [0.15, 0.2) is 43.1 Å². The minimum Gasteiger partial charge on any atom is -0.390 e. The van der Waals surface area contributed by atoms with E-state index in [2.05, 4.69) is 30.4 Å². The number of β-amino-alcohol motifs (C(OH)–C–C–N with tert-alkyl or cyclic N) is 1. The van der Waals surface area contributed by atoms with E-state index in [-0.39, 0.29) is 24.6 Å². The molecule has 0 radical (unpaired) electrons. The van der Waals surface area contributed by atoms with E-state index in [4.69, 9.17) is 23.2 Å². The number of aromatic nitrogens is 6. The minimum absolute atomic E-state index is 0.220. The van der Waals surface area contributed by atoms with Crippen LogP contribution in [0.2, 0.25) is 10.0 Å². The van der Waals surface area contributed by atoms with Crippen molar-refractivity contribution in [1.82, 2.24) is 34.6 Å². The van der Waals surface area contributed by atoms with E-state index >= 15 is 0 Å². The van der Waals surface area contributed by atoms with E-state index < -0.39 is 24.2 Å². The SMILES string of the molecule is Cc1cnc(NC(=O)[C@@H](c2ncnc3c2cnn3-c2c(Cl)cccc2Cl)C(O)N2CC(O)C2)cn1. The summed E-state index contributed by atoms with van der Waals surface area (Å²) in [5.74, 6) is -1.48. The van der Waals surface area contributed by atoms with Crippen molar-refractivity contribution in [1.29, 1.82) is 0 Å². The quantitative estimate of drug-likeness (QED) is 0.351. The fourth-order valence-electron chi connectivity index (χ4n) is 3.94. The first kappa shape index (κ1) is 23.5. The molecule has 4 heterocycles. The molecule has 1 aliphatic rings. The highest BCUT2D eigenvalue weighted by atomic mass is 35.5. The number of benzene rings is 1. The van der Waals surface area contributed by atoms with Gasteiger partial charge in [0.25, 0.3) is 0 Å². The Kier molecular flexibility index (Phi) is 6.34. The van der Waals surface area contributed by atoms with Gasteiger partial charge < -0.3 is 15.5 Å². The van der Waals surface area contributed by atoms with Gasteiger partial charge >= 0.3 is 0 Å². The molecule has 180 valence electrons. The van der Waals surface area contributed by atoms with E-state index in [1.54, 1.807) is 30.0 Å². The third-order valence-corrected chi connectivity index (χ3v) is 6.33. The van der Waals surface area contributed by atoms with E-state index in [9.17, 15) is 15.0 Å². The largest absolute Gasteiger partial charge is 0.390 e. The number of carbonyl (C=O) groups excluding carboxylic acids is 1. The highest BCUT2D eigenvalue weighted by Crippen LogP contribution is 2.33. The number of anilines is 1. The van der Waals surface area contributed by atoms with Gasteiger partial charge in [-0.15, -0.1) is 0 Å². The van der Waals surface area contributed by atoms with Gasteiger partial charge in [-0.25, -0.2) is 19.6 Å². The second-order valence-corrected chi connectivity index (χ2v) is 8.97.